The quantitative estimate of drug-likeness (QED) is 0.640. The van der Waals surface area contributed by atoms with Crippen molar-refractivity contribution in [3.05, 3.63) is 0 Å². The maximum absolute atomic E-state index is 12.4. The number of hydrazine groups is 1. The van der Waals surface area contributed by atoms with E-state index in [0.717, 1.165) is 19.3 Å². The van der Waals surface area contributed by atoms with Crippen molar-refractivity contribution < 1.29 is 9.59 Å². The summed E-state index contributed by atoms with van der Waals surface area (Å²) in [5.41, 5.74) is 0. The molecule has 4 nitrogen and oxygen atoms in total. The highest BCUT2D eigenvalue weighted by molar-refractivity contribution is 5.87. The van der Waals surface area contributed by atoms with Crippen LogP contribution in [-0.4, -0.2) is 33.9 Å². The second-order valence-electron chi connectivity index (χ2n) is 5.98. The zero-order valence-electron chi connectivity index (χ0n) is 10.6. The maximum Gasteiger partial charge on any atom is 0.244 e. The molecule has 0 N–H and O–H groups in total. The smallest absolute Gasteiger partial charge is 0.244 e. The Bertz CT molecular complexity index is 368. The highest BCUT2D eigenvalue weighted by atomic mass is 16.2. The molecule has 1 saturated carbocycles. The highest BCUT2D eigenvalue weighted by Gasteiger charge is 2.50. The Morgan fingerprint density at radius 3 is 2.35 bits per heavy atom. The number of carbonyl (C=O) groups is 2. The van der Waals surface area contributed by atoms with E-state index in [4.69, 9.17) is 0 Å². The lowest BCUT2D eigenvalue weighted by Crippen LogP contribution is -2.49. The molecule has 4 unspecified atom stereocenters. The molecule has 3 aliphatic rings. The molecule has 2 saturated heterocycles. The van der Waals surface area contributed by atoms with Gasteiger partial charge in [-0.2, -0.15) is 0 Å². The average Bonchev–Trinajstić information content (AvgIpc) is 2.49. The van der Waals surface area contributed by atoms with Crippen LogP contribution in [0.1, 0.15) is 46.0 Å². The first-order valence-corrected chi connectivity index (χ1v) is 6.73. The molecule has 3 rings (SSSR count). The molecule has 0 aromatic carbocycles. The van der Waals surface area contributed by atoms with Crippen LogP contribution in [0.25, 0.3) is 0 Å². The van der Waals surface area contributed by atoms with Crippen LogP contribution in [0.5, 0.6) is 0 Å². The molecule has 3 fully saturated rings. The zero-order valence-corrected chi connectivity index (χ0v) is 10.6. The van der Waals surface area contributed by atoms with Crippen molar-refractivity contribution in [2.24, 2.45) is 11.8 Å². The number of nitrogens with zero attached hydrogens (tertiary/aromatic N) is 2. The van der Waals surface area contributed by atoms with Gasteiger partial charge in [-0.1, -0.05) is 13.8 Å². The first-order chi connectivity index (χ1) is 8.08. The molecule has 0 aromatic heterocycles. The van der Waals surface area contributed by atoms with Gasteiger partial charge in [0.15, 0.2) is 0 Å². The fourth-order valence-corrected chi connectivity index (χ4v) is 3.70. The van der Waals surface area contributed by atoms with Crippen LogP contribution in [0, 0.1) is 11.8 Å². The second kappa shape index (κ2) is 3.72. The molecule has 0 spiro atoms. The van der Waals surface area contributed by atoms with Crippen molar-refractivity contribution >= 4 is 11.8 Å². The van der Waals surface area contributed by atoms with Crippen molar-refractivity contribution in [2.75, 3.05) is 0 Å². The largest absolute Gasteiger partial charge is 0.273 e. The van der Waals surface area contributed by atoms with Gasteiger partial charge in [0.05, 0.1) is 12.1 Å². The van der Waals surface area contributed by atoms with Gasteiger partial charge >= 0.3 is 0 Å². The van der Waals surface area contributed by atoms with E-state index in [-0.39, 0.29) is 29.8 Å². The standard InChI is InChI=1S/C13H20N2O2/c1-8-5-10-7-11(6-8)15-13(17)9(2)3-4-12(16)14(10)15/h8-11H,3-7H2,1-2H3. The Balaban J connectivity index is 1.97. The monoisotopic (exact) mass is 236 g/mol. The summed E-state index contributed by atoms with van der Waals surface area (Å²) >= 11 is 0. The van der Waals surface area contributed by atoms with Gasteiger partial charge in [-0.25, -0.2) is 10.0 Å². The van der Waals surface area contributed by atoms with Crippen molar-refractivity contribution in [1.82, 2.24) is 10.0 Å². The normalized spacial score (nSPS) is 41.5. The van der Waals surface area contributed by atoms with Crippen LogP contribution in [0.3, 0.4) is 0 Å². The predicted molar refractivity (Wildman–Crippen MR) is 62.7 cm³/mol. The minimum Gasteiger partial charge on any atom is -0.273 e. The Kier molecular flexibility index (Phi) is 2.42. The van der Waals surface area contributed by atoms with Crippen molar-refractivity contribution in [3.63, 3.8) is 0 Å². The summed E-state index contributed by atoms with van der Waals surface area (Å²) in [5, 5.41) is 3.62. The molecule has 94 valence electrons. The van der Waals surface area contributed by atoms with Crippen LogP contribution in [0.4, 0.5) is 0 Å². The minimum absolute atomic E-state index is 0.00129. The van der Waals surface area contributed by atoms with Crippen LogP contribution in [0.2, 0.25) is 0 Å². The fraction of sp³-hybridized carbons (Fsp3) is 0.846. The number of carbonyl (C=O) groups excluding carboxylic acids is 2. The maximum atomic E-state index is 12.4. The SMILES string of the molecule is CC1CC2CC(C1)N1C(=O)C(C)CCC(=O)N21. The zero-order chi connectivity index (χ0) is 12.2. The molecule has 1 aliphatic carbocycles. The molecule has 17 heavy (non-hydrogen) atoms. The molecular formula is C13H20N2O2. The number of amides is 2. The number of rotatable bonds is 0. The third kappa shape index (κ3) is 1.57. The van der Waals surface area contributed by atoms with Gasteiger partial charge < -0.3 is 0 Å². The molecular weight excluding hydrogens is 216 g/mol. The molecule has 4 heteroatoms. The van der Waals surface area contributed by atoms with Crippen LogP contribution in [-0.2, 0) is 9.59 Å². The Morgan fingerprint density at radius 2 is 1.65 bits per heavy atom. The molecule has 4 atom stereocenters. The van der Waals surface area contributed by atoms with Gasteiger partial charge in [0.25, 0.3) is 0 Å². The minimum atomic E-state index is -0.00129. The second-order valence-corrected chi connectivity index (χ2v) is 5.98. The number of hydrogen-bond donors (Lipinski definition) is 0. The van der Waals surface area contributed by atoms with Gasteiger partial charge in [-0.15, -0.1) is 0 Å². The van der Waals surface area contributed by atoms with Gasteiger partial charge in [-0.3, -0.25) is 9.59 Å². The first kappa shape index (κ1) is 11.1. The lowest BCUT2D eigenvalue weighted by molar-refractivity contribution is -0.162. The summed E-state index contributed by atoms with van der Waals surface area (Å²) in [6.45, 7) is 4.18. The van der Waals surface area contributed by atoms with Gasteiger partial charge in [0.2, 0.25) is 11.8 Å². The van der Waals surface area contributed by atoms with E-state index in [1.165, 1.54) is 0 Å². The Labute approximate surface area is 102 Å². The van der Waals surface area contributed by atoms with Gasteiger partial charge in [-0.05, 0) is 31.6 Å². The summed E-state index contributed by atoms with van der Waals surface area (Å²) in [5.74, 6) is 0.946. The lowest BCUT2D eigenvalue weighted by atomic mass is 9.85. The van der Waals surface area contributed by atoms with E-state index in [1.807, 2.05) is 11.9 Å². The van der Waals surface area contributed by atoms with Gasteiger partial charge in [0, 0.05) is 12.3 Å². The molecule has 2 bridgehead atoms. The molecule has 2 aliphatic heterocycles. The van der Waals surface area contributed by atoms with E-state index in [9.17, 15) is 9.59 Å². The van der Waals surface area contributed by atoms with E-state index < -0.39 is 0 Å². The summed E-state index contributed by atoms with van der Waals surface area (Å²) in [6.07, 6.45) is 4.34. The Hall–Kier alpha value is -1.06. The third-order valence-corrected chi connectivity index (χ3v) is 4.51. The highest BCUT2D eigenvalue weighted by Crippen LogP contribution is 2.41. The molecule has 0 aromatic rings. The topological polar surface area (TPSA) is 40.6 Å². The van der Waals surface area contributed by atoms with Gasteiger partial charge in [0.1, 0.15) is 0 Å². The molecule has 0 radical (unpaired) electrons. The third-order valence-electron chi connectivity index (χ3n) is 4.51. The van der Waals surface area contributed by atoms with E-state index in [2.05, 4.69) is 6.92 Å². The average molecular weight is 236 g/mol. The first-order valence-electron chi connectivity index (χ1n) is 6.73. The van der Waals surface area contributed by atoms with Crippen LogP contribution >= 0.6 is 0 Å². The van der Waals surface area contributed by atoms with Crippen LogP contribution < -0.4 is 0 Å². The van der Waals surface area contributed by atoms with Crippen molar-refractivity contribution in [2.45, 2.75) is 58.0 Å². The van der Waals surface area contributed by atoms with Crippen LogP contribution in [0.15, 0.2) is 0 Å². The van der Waals surface area contributed by atoms with E-state index in [1.54, 1.807) is 5.01 Å². The summed E-state index contributed by atoms with van der Waals surface area (Å²) in [4.78, 5) is 24.5. The van der Waals surface area contributed by atoms with E-state index >= 15 is 0 Å². The summed E-state index contributed by atoms with van der Waals surface area (Å²) in [7, 11) is 0. The summed E-state index contributed by atoms with van der Waals surface area (Å²) < 4.78 is 0. The molecule has 2 amide bonds. The van der Waals surface area contributed by atoms with Crippen molar-refractivity contribution in [1.29, 1.82) is 0 Å². The summed E-state index contributed by atoms with van der Waals surface area (Å²) in [6, 6.07) is 0.561. The Morgan fingerprint density at radius 1 is 1.00 bits per heavy atom. The van der Waals surface area contributed by atoms with E-state index in [0.29, 0.717) is 18.8 Å². The predicted octanol–water partition coefficient (Wildman–Crippen LogP) is 1.56. The lowest BCUT2D eigenvalue weighted by Gasteiger charge is -2.31. The number of hydrogen-bond acceptors (Lipinski definition) is 2. The number of fused-ring (bicyclic) bond motifs is 5. The van der Waals surface area contributed by atoms with Crippen molar-refractivity contribution in [3.8, 4) is 0 Å². The molecule has 2 heterocycles. The fourth-order valence-electron chi connectivity index (χ4n) is 3.70.